The minimum Gasteiger partial charge on any atom is -0.259 e. The second-order valence-corrected chi connectivity index (χ2v) is 3.58. The SMILES string of the molecule is CC/C=C(\C)N=C(C)C(C)=C(C)C. The molecule has 0 unspecified atom stereocenters. The minimum atomic E-state index is 1.05. The molecule has 1 nitrogen and oxygen atoms in total. The molecule has 0 saturated carbocycles. The summed E-state index contributed by atoms with van der Waals surface area (Å²) in [6, 6.07) is 0. The van der Waals surface area contributed by atoms with Crippen LogP contribution in [0.1, 0.15) is 48.0 Å². The van der Waals surface area contributed by atoms with Crippen LogP contribution in [0.15, 0.2) is 27.9 Å². The van der Waals surface area contributed by atoms with E-state index in [-0.39, 0.29) is 0 Å². The Morgan fingerprint density at radius 3 is 2.00 bits per heavy atom. The van der Waals surface area contributed by atoms with Crippen molar-refractivity contribution in [2.45, 2.75) is 48.0 Å². The van der Waals surface area contributed by atoms with E-state index in [1.54, 1.807) is 0 Å². The van der Waals surface area contributed by atoms with Crippen LogP contribution in [0, 0.1) is 0 Å². The molecule has 0 heterocycles. The average Bonchev–Trinajstić information content (AvgIpc) is 2.03. The lowest BCUT2D eigenvalue weighted by atomic mass is 10.1. The molecular formula is C12H21N. The largest absolute Gasteiger partial charge is 0.259 e. The molecule has 0 aromatic heterocycles. The van der Waals surface area contributed by atoms with E-state index < -0.39 is 0 Å². The molecule has 0 saturated heterocycles. The Hall–Kier alpha value is -0.850. The first-order chi connectivity index (χ1) is 5.99. The number of aliphatic imine (C=N–C) groups is 1. The van der Waals surface area contributed by atoms with Gasteiger partial charge in [-0.05, 0) is 46.6 Å². The van der Waals surface area contributed by atoms with Crippen molar-refractivity contribution in [2.24, 2.45) is 4.99 Å². The van der Waals surface area contributed by atoms with E-state index in [1.807, 2.05) is 6.92 Å². The van der Waals surface area contributed by atoms with Crippen LogP contribution in [0.2, 0.25) is 0 Å². The van der Waals surface area contributed by atoms with Crippen molar-refractivity contribution >= 4 is 5.71 Å². The highest BCUT2D eigenvalue weighted by Crippen LogP contribution is 2.07. The first kappa shape index (κ1) is 12.2. The van der Waals surface area contributed by atoms with E-state index in [4.69, 9.17) is 0 Å². The molecule has 0 aromatic carbocycles. The zero-order valence-electron chi connectivity index (χ0n) is 9.73. The van der Waals surface area contributed by atoms with E-state index in [0.29, 0.717) is 0 Å². The Morgan fingerprint density at radius 1 is 1.08 bits per heavy atom. The van der Waals surface area contributed by atoms with Gasteiger partial charge in [-0.2, -0.15) is 0 Å². The van der Waals surface area contributed by atoms with Crippen molar-refractivity contribution in [3.63, 3.8) is 0 Å². The van der Waals surface area contributed by atoms with Crippen molar-refractivity contribution in [3.05, 3.63) is 22.9 Å². The molecule has 0 amide bonds. The van der Waals surface area contributed by atoms with Crippen molar-refractivity contribution in [2.75, 3.05) is 0 Å². The van der Waals surface area contributed by atoms with E-state index in [1.165, 1.54) is 11.1 Å². The summed E-state index contributed by atoms with van der Waals surface area (Å²) in [6.45, 7) is 12.6. The van der Waals surface area contributed by atoms with Gasteiger partial charge < -0.3 is 0 Å². The Morgan fingerprint density at radius 2 is 1.62 bits per heavy atom. The zero-order valence-corrected chi connectivity index (χ0v) is 9.73. The molecule has 0 aliphatic heterocycles. The van der Waals surface area contributed by atoms with Crippen LogP contribution in [-0.2, 0) is 0 Å². The molecule has 0 atom stereocenters. The summed E-state index contributed by atoms with van der Waals surface area (Å²) in [5.74, 6) is 0. The van der Waals surface area contributed by atoms with E-state index >= 15 is 0 Å². The van der Waals surface area contributed by atoms with E-state index in [9.17, 15) is 0 Å². The molecule has 0 rings (SSSR count). The van der Waals surface area contributed by atoms with Gasteiger partial charge in [-0.3, -0.25) is 4.99 Å². The number of hydrogen-bond donors (Lipinski definition) is 0. The predicted molar refractivity (Wildman–Crippen MR) is 61.2 cm³/mol. The summed E-state index contributed by atoms with van der Waals surface area (Å²) in [7, 11) is 0. The average molecular weight is 179 g/mol. The molecule has 0 radical (unpaired) electrons. The van der Waals surface area contributed by atoms with Crippen molar-refractivity contribution < 1.29 is 0 Å². The zero-order chi connectivity index (χ0) is 10.4. The van der Waals surface area contributed by atoms with Crippen LogP contribution < -0.4 is 0 Å². The predicted octanol–water partition coefficient (Wildman–Crippen LogP) is 4.12. The fraction of sp³-hybridized carbons (Fsp3) is 0.583. The van der Waals surface area contributed by atoms with Crippen molar-refractivity contribution in [3.8, 4) is 0 Å². The fourth-order valence-corrected chi connectivity index (χ4v) is 1.05. The standard InChI is InChI=1S/C12H21N/c1-7-8-10(4)13-12(6)11(5)9(2)3/h8H,7H2,1-6H3/b10-8+,13-12?. The van der Waals surface area contributed by atoms with Crippen LogP contribution in [0.4, 0.5) is 0 Å². The van der Waals surface area contributed by atoms with Gasteiger partial charge in [-0.25, -0.2) is 0 Å². The summed E-state index contributed by atoms with van der Waals surface area (Å²) in [5.41, 5.74) is 4.87. The third kappa shape index (κ3) is 4.66. The van der Waals surface area contributed by atoms with Crippen LogP contribution in [0.25, 0.3) is 0 Å². The van der Waals surface area contributed by atoms with Crippen LogP contribution in [0.5, 0.6) is 0 Å². The lowest BCUT2D eigenvalue weighted by molar-refractivity contribution is 1.15. The summed E-state index contributed by atoms with van der Waals surface area (Å²) < 4.78 is 0. The number of hydrogen-bond acceptors (Lipinski definition) is 1. The van der Waals surface area contributed by atoms with Crippen LogP contribution >= 0.6 is 0 Å². The lowest BCUT2D eigenvalue weighted by Gasteiger charge is -2.03. The molecule has 0 spiro atoms. The molecule has 0 fully saturated rings. The Bertz CT molecular complexity index is 250. The quantitative estimate of drug-likeness (QED) is 0.578. The third-order valence-electron chi connectivity index (χ3n) is 2.14. The molecule has 13 heavy (non-hydrogen) atoms. The Kier molecular flexibility index (Phi) is 5.36. The van der Waals surface area contributed by atoms with Crippen molar-refractivity contribution in [1.29, 1.82) is 0 Å². The Labute approximate surface area is 82.3 Å². The van der Waals surface area contributed by atoms with Gasteiger partial charge in [0.05, 0.1) is 0 Å². The van der Waals surface area contributed by atoms with Gasteiger partial charge in [-0.1, -0.05) is 18.6 Å². The van der Waals surface area contributed by atoms with Gasteiger partial charge in [0.2, 0.25) is 0 Å². The molecule has 0 N–H and O–H groups in total. The van der Waals surface area contributed by atoms with Gasteiger partial charge in [0.1, 0.15) is 0 Å². The monoisotopic (exact) mass is 179 g/mol. The van der Waals surface area contributed by atoms with E-state index in [2.05, 4.69) is 45.7 Å². The molecule has 0 aromatic rings. The third-order valence-corrected chi connectivity index (χ3v) is 2.14. The first-order valence-electron chi connectivity index (χ1n) is 4.85. The molecule has 0 bridgehead atoms. The highest BCUT2D eigenvalue weighted by atomic mass is 14.7. The van der Waals surface area contributed by atoms with Gasteiger partial charge in [0.25, 0.3) is 0 Å². The number of rotatable bonds is 3. The molecular weight excluding hydrogens is 158 g/mol. The number of allylic oxidation sites excluding steroid dienone is 4. The maximum absolute atomic E-state index is 4.51. The Balaban J connectivity index is 4.70. The summed E-state index contributed by atoms with van der Waals surface area (Å²) in [6.07, 6.45) is 3.19. The summed E-state index contributed by atoms with van der Waals surface area (Å²) in [4.78, 5) is 4.51. The topological polar surface area (TPSA) is 12.4 Å². The highest BCUT2D eigenvalue weighted by molar-refractivity contribution is 5.98. The maximum atomic E-state index is 4.51. The van der Waals surface area contributed by atoms with E-state index in [0.717, 1.165) is 17.8 Å². The maximum Gasteiger partial charge on any atom is 0.0404 e. The van der Waals surface area contributed by atoms with Gasteiger partial charge in [-0.15, -0.1) is 0 Å². The molecule has 0 aliphatic carbocycles. The van der Waals surface area contributed by atoms with Crippen molar-refractivity contribution in [1.82, 2.24) is 0 Å². The normalized spacial score (nSPS) is 13.1. The highest BCUT2D eigenvalue weighted by Gasteiger charge is 1.96. The smallest absolute Gasteiger partial charge is 0.0404 e. The number of nitrogens with zero attached hydrogens (tertiary/aromatic N) is 1. The molecule has 0 aliphatic rings. The van der Waals surface area contributed by atoms with Gasteiger partial charge in [0, 0.05) is 11.4 Å². The van der Waals surface area contributed by atoms with Gasteiger partial charge in [0.15, 0.2) is 0 Å². The minimum absolute atomic E-state index is 1.05. The molecule has 74 valence electrons. The van der Waals surface area contributed by atoms with Crippen LogP contribution in [-0.4, -0.2) is 5.71 Å². The summed E-state index contributed by atoms with van der Waals surface area (Å²) in [5, 5.41) is 0. The second-order valence-electron chi connectivity index (χ2n) is 3.58. The molecule has 1 heteroatoms. The van der Waals surface area contributed by atoms with Crippen LogP contribution in [0.3, 0.4) is 0 Å². The summed E-state index contributed by atoms with van der Waals surface area (Å²) >= 11 is 0. The van der Waals surface area contributed by atoms with Gasteiger partial charge >= 0.3 is 0 Å². The fourth-order valence-electron chi connectivity index (χ4n) is 1.05. The lowest BCUT2D eigenvalue weighted by Crippen LogP contribution is -1.95. The second kappa shape index (κ2) is 5.74. The first-order valence-corrected chi connectivity index (χ1v) is 4.85.